The molecule has 1 atom stereocenters. The van der Waals surface area contributed by atoms with Gasteiger partial charge in [-0.3, -0.25) is 4.79 Å². The monoisotopic (exact) mass is 468 g/mol. The lowest BCUT2D eigenvalue weighted by Crippen LogP contribution is -2.40. The van der Waals surface area contributed by atoms with Crippen molar-refractivity contribution in [2.45, 2.75) is 37.7 Å². The fourth-order valence-electron chi connectivity index (χ4n) is 3.85. The number of amides is 1. The van der Waals surface area contributed by atoms with E-state index in [1.165, 1.54) is 11.3 Å². The molecule has 4 heterocycles. The minimum Gasteiger partial charge on any atom is -0.378 e. The van der Waals surface area contributed by atoms with Crippen molar-refractivity contribution in [1.29, 1.82) is 0 Å². The molecule has 2 aliphatic heterocycles. The van der Waals surface area contributed by atoms with Gasteiger partial charge in [0.15, 0.2) is 0 Å². The topological polar surface area (TPSA) is 103 Å². The van der Waals surface area contributed by atoms with E-state index in [4.69, 9.17) is 9.47 Å². The average Bonchev–Trinajstić information content (AvgIpc) is 3.48. The molecule has 170 valence electrons. The van der Waals surface area contributed by atoms with E-state index in [1.807, 2.05) is 18.5 Å². The molecular formula is C20H28N4O5S2. The van der Waals surface area contributed by atoms with Crippen molar-refractivity contribution in [3.63, 3.8) is 0 Å². The Kier molecular flexibility index (Phi) is 6.50. The molecule has 1 unspecified atom stereocenters. The third kappa shape index (κ3) is 4.56. The Hall–Kier alpha value is -1.79. The van der Waals surface area contributed by atoms with Crippen molar-refractivity contribution in [1.82, 2.24) is 19.2 Å². The van der Waals surface area contributed by atoms with Gasteiger partial charge in [0.2, 0.25) is 10.0 Å². The van der Waals surface area contributed by atoms with Crippen LogP contribution in [-0.4, -0.2) is 74.3 Å². The Morgan fingerprint density at radius 2 is 2.03 bits per heavy atom. The first-order chi connectivity index (χ1) is 14.8. The molecule has 0 aromatic carbocycles. The summed E-state index contributed by atoms with van der Waals surface area (Å²) in [5.41, 5.74) is 1.93. The van der Waals surface area contributed by atoms with E-state index in [-0.39, 0.29) is 23.5 Å². The van der Waals surface area contributed by atoms with Crippen LogP contribution >= 0.6 is 11.3 Å². The SMILES string of the molecule is Cc1nc(-c2cc(S(=O)(=O)NCC3CCCO3)c(C)n2C)sc1C(=O)N1CCOCC1. The maximum atomic E-state index is 12.9. The van der Waals surface area contributed by atoms with E-state index in [0.29, 0.717) is 59.9 Å². The molecule has 2 aromatic heterocycles. The molecule has 0 bridgehead atoms. The van der Waals surface area contributed by atoms with Crippen LogP contribution < -0.4 is 4.72 Å². The zero-order valence-electron chi connectivity index (χ0n) is 18.0. The van der Waals surface area contributed by atoms with Crippen LogP contribution in [-0.2, 0) is 26.5 Å². The number of nitrogens with zero attached hydrogens (tertiary/aromatic N) is 3. The van der Waals surface area contributed by atoms with Gasteiger partial charge in [-0.25, -0.2) is 18.1 Å². The molecule has 0 spiro atoms. The summed E-state index contributed by atoms with van der Waals surface area (Å²) in [5, 5.41) is 0.625. The van der Waals surface area contributed by atoms with Gasteiger partial charge >= 0.3 is 0 Å². The highest BCUT2D eigenvalue weighted by Crippen LogP contribution is 2.33. The van der Waals surface area contributed by atoms with Crippen molar-refractivity contribution in [2.75, 3.05) is 39.5 Å². The van der Waals surface area contributed by atoms with Gasteiger partial charge in [-0.05, 0) is 32.8 Å². The van der Waals surface area contributed by atoms with Crippen LogP contribution in [0.1, 0.15) is 33.9 Å². The van der Waals surface area contributed by atoms with Gasteiger partial charge in [0, 0.05) is 39.0 Å². The molecule has 2 saturated heterocycles. The van der Waals surface area contributed by atoms with E-state index in [1.54, 1.807) is 17.9 Å². The fraction of sp³-hybridized carbons (Fsp3) is 0.600. The quantitative estimate of drug-likeness (QED) is 0.692. The number of hydrogen-bond acceptors (Lipinski definition) is 7. The second-order valence-corrected chi connectivity index (χ2v) is 10.6. The van der Waals surface area contributed by atoms with Gasteiger partial charge in [0.1, 0.15) is 14.8 Å². The van der Waals surface area contributed by atoms with Gasteiger partial charge in [-0.2, -0.15) is 0 Å². The summed E-state index contributed by atoms with van der Waals surface area (Å²) < 4.78 is 41.2. The van der Waals surface area contributed by atoms with Crippen molar-refractivity contribution in [3.8, 4) is 10.7 Å². The van der Waals surface area contributed by atoms with Crippen molar-refractivity contribution in [3.05, 3.63) is 22.3 Å². The Morgan fingerprint density at radius 1 is 1.29 bits per heavy atom. The highest BCUT2D eigenvalue weighted by Gasteiger charge is 2.28. The maximum Gasteiger partial charge on any atom is 0.266 e. The Morgan fingerprint density at radius 3 is 2.71 bits per heavy atom. The summed E-state index contributed by atoms with van der Waals surface area (Å²) in [4.78, 5) is 20.1. The summed E-state index contributed by atoms with van der Waals surface area (Å²) in [6.45, 7) is 6.72. The molecule has 4 rings (SSSR count). The summed E-state index contributed by atoms with van der Waals surface area (Å²) in [7, 11) is -1.88. The average molecular weight is 469 g/mol. The highest BCUT2D eigenvalue weighted by atomic mass is 32.2. The minimum absolute atomic E-state index is 0.0541. The van der Waals surface area contributed by atoms with E-state index in [0.717, 1.165) is 12.8 Å². The number of nitrogens with one attached hydrogen (secondary N) is 1. The molecule has 0 aliphatic carbocycles. The van der Waals surface area contributed by atoms with Crippen LogP contribution in [0, 0.1) is 13.8 Å². The molecule has 1 amide bonds. The number of ether oxygens (including phenoxy) is 2. The maximum absolute atomic E-state index is 12.9. The Labute approximate surface area is 186 Å². The Balaban J connectivity index is 1.58. The number of carbonyl (C=O) groups excluding carboxylic acids is 1. The minimum atomic E-state index is -3.69. The number of carbonyl (C=O) groups is 1. The molecule has 2 aromatic rings. The van der Waals surface area contributed by atoms with Gasteiger partial charge in [0.25, 0.3) is 5.91 Å². The number of hydrogen-bond donors (Lipinski definition) is 1. The number of morpholine rings is 1. The number of rotatable bonds is 6. The first-order valence-corrected chi connectivity index (χ1v) is 12.7. The molecule has 31 heavy (non-hydrogen) atoms. The van der Waals surface area contributed by atoms with Gasteiger partial charge < -0.3 is 18.9 Å². The van der Waals surface area contributed by atoms with Gasteiger partial charge in [0.05, 0.1) is 30.7 Å². The van der Waals surface area contributed by atoms with Crippen LogP contribution in [0.2, 0.25) is 0 Å². The first-order valence-electron chi connectivity index (χ1n) is 10.4. The largest absolute Gasteiger partial charge is 0.378 e. The van der Waals surface area contributed by atoms with Crippen molar-refractivity contribution < 1.29 is 22.7 Å². The molecule has 0 saturated carbocycles. The summed E-state index contributed by atoms with van der Waals surface area (Å²) in [6.07, 6.45) is 1.74. The molecule has 2 fully saturated rings. The third-order valence-corrected chi connectivity index (χ3v) is 8.52. The lowest BCUT2D eigenvalue weighted by Gasteiger charge is -2.26. The zero-order valence-corrected chi connectivity index (χ0v) is 19.6. The van der Waals surface area contributed by atoms with Crippen molar-refractivity contribution in [2.24, 2.45) is 7.05 Å². The first kappa shape index (κ1) is 22.4. The molecule has 9 nitrogen and oxygen atoms in total. The van der Waals surface area contributed by atoms with Gasteiger partial charge in [-0.1, -0.05) is 0 Å². The lowest BCUT2D eigenvalue weighted by molar-refractivity contribution is 0.0305. The van der Waals surface area contributed by atoms with E-state index in [2.05, 4.69) is 9.71 Å². The highest BCUT2D eigenvalue weighted by molar-refractivity contribution is 7.89. The summed E-state index contributed by atoms with van der Waals surface area (Å²) in [5.74, 6) is -0.0541. The van der Waals surface area contributed by atoms with Crippen LogP contribution in [0.15, 0.2) is 11.0 Å². The molecule has 11 heteroatoms. The predicted octanol–water partition coefficient (Wildman–Crippen LogP) is 1.70. The van der Waals surface area contributed by atoms with Crippen LogP contribution in [0.5, 0.6) is 0 Å². The summed E-state index contributed by atoms with van der Waals surface area (Å²) >= 11 is 1.30. The second-order valence-electron chi connectivity index (χ2n) is 7.86. The van der Waals surface area contributed by atoms with E-state index in [9.17, 15) is 13.2 Å². The smallest absolute Gasteiger partial charge is 0.266 e. The molecule has 1 N–H and O–H groups in total. The number of aryl methyl sites for hydroxylation is 1. The molecule has 0 radical (unpaired) electrons. The second kappa shape index (κ2) is 8.99. The van der Waals surface area contributed by atoms with Crippen LogP contribution in [0.4, 0.5) is 0 Å². The van der Waals surface area contributed by atoms with Gasteiger partial charge in [-0.15, -0.1) is 11.3 Å². The summed E-state index contributed by atoms with van der Waals surface area (Å²) in [6, 6.07) is 1.63. The zero-order chi connectivity index (χ0) is 22.2. The third-order valence-electron chi connectivity index (χ3n) is 5.81. The Bertz CT molecular complexity index is 1060. The number of sulfonamides is 1. The van der Waals surface area contributed by atoms with E-state index < -0.39 is 10.0 Å². The van der Waals surface area contributed by atoms with Crippen molar-refractivity contribution >= 4 is 27.3 Å². The normalized spacial score (nSPS) is 19.8. The number of thiazole rings is 1. The standard InChI is InChI=1S/C20H28N4O5S2/c1-13-18(20(25)24-6-9-28-10-7-24)30-19(22-13)16-11-17(14(2)23(16)3)31(26,27)21-12-15-5-4-8-29-15/h11,15,21H,4-10,12H2,1-3H3. The van der Waals surface area contributed by atoms with Crippen LogP contribution in [0.25, 0.3) is 10.7 Å². The fourth-order valence-corrected chi connectivity index (χ4v) is 6.29. The van der Waals surface area contributed by atoms with Crippen LogP contribution in [0.3, 0.4) is 0 Å². The predicted molar refractivity (Wildman–Crippen MR) is 117 cm³/mol. The van der Waals surface area contributed by atoms with E-state index >= 15 is 0 Å². The molecule has 2 aliphatic rings. The lowest BCUT2D eigenvalue weighted by atomic mass is 10.2. The number of aromatic nitrogens is 2. The molecular weight excluding hydrogens is 440 g/mol.